The largest absolute Gasteiger partial charge is 0.356 e. The summed E-state index contributed by atoms with van der Waals surface area (Å²) in [5.41, 5.74) is 0.358. The Morgan fingerprint density at radius 1 is 1.17 bits per heavy atom. The Kier molecular flexibility index (Phi) is 8.87. The van der Waals surface area contributed by atoms with Gasteiger partial charge in [-0.05, 0) is 34.6 Å². The van der Waals surface area contributed by atoms with E-state index in [1.807, 2.05) is 18.7 Å². The van der Waals surface area contributed by atoms with Crippen LogP contribution in [0.15, 0.2) is 4.99 Å². The number of likely N-dealkylation sites (tertiary alicyclic amines) is 1. The van der Waals surface area contributed by atoms with E-state index in [0.29, 0.717) is 13.0 Å². The summed E-state index contributed by atoms with van der Waals surface area (Å²) in [5, 5.41) is 3.36. The highest BCUT2D eigenvalue weighted by Crippen LogP contribution is 2.46. The van der Waals surface area contributed by atoms with Crippen LogP contribution < -0.4 is 5.32 Å². The second-order valence-corrected chi connectivity index (χ2v) is 7.08. The number of hydrogen-bond acceptors (Lipinski definition) is 2. The summed E-state index contributed by atoms with van der Waals surface area (Å²) in [7, 11) is 0. The quantitative estimate of drug-likeness (QED) is 0.394. The van der Waals surface area contributed by atoms with Gasteiger partial charge in [-0.15, -0.1) is 24.0 Å². The zero-order valence-electron chi connectivity index (χ0n) is 15.9. The molecule has 0 aromatic carbocycles. The van der Waals surface area contributed by atoms with Crippen LogP contribution >= 0.6 is 24.0 Å². The van der Waals surface area contributed by atoms with Gasteiger partial charge in [-0.1, -0.05) is 13.8 Å². The molecular weight excluding hydrogens is 403 g/mol. The molecule has 0 bridgehead atoms. The van der Waals surface area contributed by atoms with Gasteiger partial charge in [-0.2, -0.15) is 0 Å². The molecule has 0 aromatic heterocycles. The number of carbonyl (C=O) groups excluding carboxylic acids is 1. The Morgan fingerprint density at radius 2 is 1.74 bits per heavy atom. The van der Waals surface area contributed by atoms with Crippen molar-refractivity contribution in [1.29, 1.82) is 0 Å². The first-order valence-electron chi connectivity index (χ1n) is 8.55. The average Bonchev–Trinajstić information content (AvgIpc) is 2.45. The Bertz CT molecular complexity index is 417. The predicted octanol–water partition coefficient (Wildman–Crippen LogP) is 2.95. The van der Waals surface area contributed by atoms with E-state index in [-0.39, 0.29) is 40.8 Å². The predicted molar refractivity (Wildman–Crippen MR) is 109 cm³/mol. The first kappa shape index (κ1) is 22.5. The fourth-order valence-corrected chi connectivity index (χ4v) is 2.79. The number of halogens is 1. The van der Waals surface area contributed by atoms with Gasteiger partial charge in [-0.25, -0.2) is 0 Å². The minimum Gasteiger partial charge on any atom is -0.356 e. The molecule has 1 fully saturated rings. The Morgan fingerprint density at radius 3 is 2.13 bits per heavy atom. The number of rotatable bonds is 6. The first-order valence-corrected chi connectivity index (χ1v) is 8.55. The molecule has 0 atom stereocenters. The van der Waals surface area contributed by atoms with Gasteiger partial charge in [0.15, 0.2) is 5.96 Å². The number of nitrogens with zero attached hydrogens (tertiary/aromatic N) is 3. The number of carbonyl (C=O) groups is 1. The first-order chi connectivity index (χ1) is 10.2. The van der Waals surface area contributed by atoms with Gasteiger partial charge in [-0.3, -0.25) is 9.79 Å². The molecule has 1 rings (SSSR count). The molecule has 0 aliphatic carbocycles. The molecular formula is C17H35IN4O. The Balaban J connectivity index is 0.00000484. The van der Waals surface area contributed by atoms with Crippen LogP contribution in [0.2, 0.25) is 0 Å². The van der Waals surface area contributed by atoms with Crippen molar-refractivity contribution in [3.63, 3.8) is 0 Å². The van der Waals surface area contributed by atoms with Crippen molar-refractivity contribution in [2.45, 2.75) is 60.4 Å². The van der Waals surface area contributed by atoms with E-state index in [1.165, 1.54) is 0 Å². The fourth-order valence-electron chi connectivity index (χ4n) is 2.79. The highest BCUT2D eigenvalue weighted by Gasteiger charge is 2.53. The lowest BCUT2D eigenvalue weighted by Gasteiger charge is -2.62. The summed E-state index contributed by atoms with van der Waals surface area (Å²) in [6, 6.07) is 0. The van der Waals surface area contributed by atoms with E-state index < -0.39 is 0 Å². The third kappa shape index (κ3) is 4.97. The van der Waals surface area contributed by atoms with Crippen LogP contribution in [0, 0.1) is 5.41 Å². The van der Waals surface area contributed by atoms with Crippen molar-refractivity contribution in [2.24, 2.45) is 10.4 Å². The maximum absolute atomic E-state index is 12.1. The van der Waals surface area contributed by atoms with Crippen LogP contribution in [0.3, 0.4) is 0 Å². The minimum absolute atomic E-state index is 0. The molecule has 1 saturated heterocycles. The van der Waals surface area contributed by atoms with E-state index in [0.717, 1.165) is 32.1 Å². The smallest absolute Gasteiger partial charge is 0.224 e. The van der Waals surface area contributed by atoms with Crippen LogP contribution in [-0.4, -0.2) is 59.9 Å². The molecule has 136 valence electrons. The minimum atomic E-state index is 0. The van der Waals surface area contributed by atoms with Gasteiger partial charge >= 0.3 is 0 Å². The summed E-state index contributed by atoms with van der Waals surface area (Å²) in [6.45, 7) is 19.1. The van der Waals surface area contributed by atoms with Crippen molar-refractivity contribution >= 4 is 35.8 Å². The molecule has 0 radical (unpaired) electrons. The van der Waals surface area contributed by atoms with Crippen LogP contribution in [0.4, 0.5) is 0 Å². The molecule has 0 aromatic rings. The van der Waals surface area contributed by atoms with E-state index in [1.54, 1.807) is 0 Å². The van der Waals surface area contributed by atoms with Gasteiger partial charge in [0.25, 0.3) is 0 Å². The number of hydrogen-bond donors (Lipinski definition) is 1. The van der Waals surface area contributed by atoms with Gasteiger partial charge in [0.2, 0.25) is 5.91 Å². The summed E-state index contributed by atoms with van der Waals surface area (Å²) >= 11 is 0. The summed E-state index contributed by atoms with van der Waals surface area (Å²) in [6.07, 6.45) is 0.480. The zero-order valence-corrected chi connectivity index (χ0v) is 18.2. The fraction of sp³-hybridized carbons (Fsp3) is 0.882. The SMILES string of the molecule is CCNC(=NCCC(=O)N(CC)CC)N1CC(C)(C)C1(C)C.I. The number of nitrogens with one attached hydrogen (secondary N) is 1. The highest BCUT2D eigenvalue weighted by molar-refractivity contribution is 14.0. The molecule has 0 unspecified atom stereocenters. The molecule has 0 saturated carbocycles. The number of aliphatic imine (C=N–C) groups is 1. The normalized spacial score (nSPS) is 18.7. The Labute approximate surface area is 159 Å². The highest BCUT2D eigenvalue weighted by atomic mass is 127. The van der Waals surface area contributed by atoms with Crippen molar-refractivity contribution < 1.29 is 4.79 Å². The van der Waals surface area contributed by atoms with Gasteiger partial charge in [0.1, 0.15) is 0 Å². The van der Waals surface area contributed by atoms with Crippen LogP contribution in [0.5, 0.6) is 0 Å². The lowest BCUT2D eigenvalue weighted by Crippen LogP contribution is -2.72. The molecule has 1 aliphatic rings. The van der Waals surface area contributed by atoms with E-state index >= 15 is 0 Å². The number of guanidine groups is 1. The second kappa shape index (κ2) is 9.08. The van der Waals surface area contributed by atoms with Crippen LogP contribution in [-0.2, 0) is 4.79 Å². The molecule has 1 heterocycles. The lowest BCUT2D eigenvalue weighted by molar-refractivity contribution is -0.130. The molecule has 1 aliphatic heterocycles. The van der Waals surface area contributed by atoms with Gasteiger partial charge < -0.3 is 15.1 Å². The molecule has 6 heteroatoms. The molecule has 0 spiro atoms. The molecule has 1 N–H and O–H groups in total. The van der Waals surface area contributed by atoms with Crippen LogP contribution in [0.1, 0.15) is 54.9 Å². The van der Waals surface area contributed by atoms with Crippen LogP contribution in [0.25, 0.3) is 0 Å². The summed E-state index contributed by atoms with van der Waals surface area (Å²) < 4.78 is 0. The summed E-state index contributed by atoms with van der Waals surface area (Å²) in [5.74, 6) is 1.12. The maximum atomic E-state index is 12.1. The zero-order chi connectivity index (χ0) is 17.0. The van der Waals surface area contributed by atoms with Crippen molar-refractivity contribution in [2.75, 3.05) is 32.7 Å². The number of amides is 1. The van der Waals surface area contributed by atoms with E-state index in [9.17, 15) is 4.79 Å². The van der Waals surface area contributed by atoms with Gasteiger partial charge in [0.05, 0.1) is 6.54 Å². The average molecular weight is 438 g/mol. The molecule has 5 nitrogen and oxygen atoms in total. The van der Waals surface area contributed by atoms with Crippen molar-refractivity contribution in [1.82, 2.24) is 15.1 Å². The second-order valence-electron chi connectivity index (χ2n) is 7.08. The van der Waals surface area contributed by atoms with Gasteiger partial charge in [0, 0.05) is 43.6 Å². The standard InChI is InChI=1S/C17H34N4O.HI/c1-8-18-15(21-13-16(4,5)17(21,6)7)19-12-11-14(22)20(9-2)10-3;/h8-13H2,1-7H3,(H,18,19);1H. The maximum Gasteiger partial charge on any atom is 0.224 e. The van der Waals surface area contributed by atoms with E-state index in [2.05, 4.69) is 49.8 Å². The monoisotopic (exact) mass is 438 g/mol. The summed E-state index contributed by atoms with van der Waals surface area (Å²) in [4.78, 5) is 20.9. The molecule has 1 amide bonds. The Hall–Kier alpha value is -0.530. The van der Waals surface area contributed by atoms with Crippen molar-refractivity contribution in [3.05, 3.63) is 0 Å². The lowest BCUT2D eigenvalue weighted by atomic mass is 9.65. The van der Waals surface area contributed by atoms with Crippen molar-refractivity contribution in [3.8, 4) is 0 Å². The third-order valence-corrected chi connectivity index (χ3v) is 5.18. The topological polar surface area (TPSA) is 47.9 Å². The molecule has 23 heavy (non-hydrogen) atoms. The third-order valence-electron chi connectivity index (χ3n) is 5.18. The van der Waals surface area contributed by atoms with E-state index in [4.69, 9.17) is 0 Å².